The van der Waals surface area contributed by atoms with Gasteiger partial charge in [-0.25, -0.2) is 4.98 Å². The lowest BCUT2D eigenvalue weighted by atomic mass is 10.1. The predicted octanol–water partition coefficient (Wildman–Crippen LogP) is 2.75. The van der Waals surface area contributed by atoms with Crippen LogP contribution in [0.4, 0.5) is 13.2 Å². The molecule has 0 aliphatic heterocycles. The van der Waals surface area contributed by atoms with Crippen LogP contribution in [0.1, 0.15) is 24.6 Å². The molecule has 0 fully saturated rings. The molecular weight excluding hydrogens is 213 g/mol. The number of hydrogen-bond acceptors (Lipinski definition) is 3. The number of thiazole rings is 1. The van der Waals surface area contributed by atoms with E-state index in [1.54, 1.807) is 17.9 Å². The van der Waals surface area contributed by atoms with Crippen molar-refractivity contribution in [2.45, 2.75) is 25.1 Å². The zero-order valence-electron chi connectivity index (χ0n) is 7.64. The van der Waals surface area contributed by atoms with Gasteiger partial charge in [0.1, 0.15) is 0 Å². The molecule has 14 heavy (non-hydrogen) atoms. The minimum absolute atomic E-state index is 0.0315. The molecule has 0 aliphatic carbocycles. The van der Waals surface area contributed by atoms with Crippen molar-refractivity contribution in [1.82, 2.24) is 10.3 Å². The first-order valence-corrected chi connectivity index (χ1v) is 5.09. The van der Waals surface area contributed by atoms with E-state index in [0.29, 0.717) is 5.69 Å². The second-order valence-corrected chi connectivity index (χ2v) is 3.63. The Balaban J connectivity index is 2.49. The fourth-order valence-corrected chi connectivity index (χ4v) is 1.75. The lowest BCUT2D eigenvalue weighted by molar-refractivity contribution is -0.136. The maximum Gasteiger partial charge on any atom is 0.389 e. The highest BCUT2D eigenvalue weighted by Crippen LogP contribution is 2.27. The molecule has 1 aromatic heterocycles. The zero-order chi connectivity index (χ0) is 10.6. The topological polar surface area (TPSA) is 24.9 Å². The van der Waals surface area contributed by atoms with Gasteiger partial charge in [-0.3, -0.25) is 0 Å². The second kappa shape index (κ2) is 4.75. The van der Waals surface area contributed by atoms with E-state index < -0.39 is 12.6 Å². The molecule has 1 aromatic rings. The molecular formula is C8H11F3N2S. The highest BCUT2D eigenvalue weighted by Gasteiger charge is 2.28. The summed E-state index contributed by atoms with van der Waals surface area (Å²) in [5, 5.41) is 4.58. The average Bonchev–Trinajstić information content (AvgIpc) is 2.56. The van der Waals surface area contributed by atoms with Crippen molar-refractivity contribution in [1.29, 1.82) is 0 Å². The van der Waals surface area contributed by atoms with Gasteiger partial charge in [0, 0.05) is 11.8 Å². The van der Waals surface area contributed by atoms with Gasteiger partial charge < -0.3 is 5.32 Å². The van der Waals surface area contributed by atoms with Gasteiger partial charge in [0.25, 0.3) is 0 Å². The van der Waals surface area contributed by atoms with E-state index >= 15 is 0 Å². The number of hydrogen-bond donors (Lipinski definition) is 1. The van der Waals surface area contributed by atoms with E-state index in [4.69, 9.17) is 0 Å². The first-order valence-electron chi connectivity index (χ1n) is 4.15. The van der Waals surface area contributed by atoms with E-state index in [2.05, 4.69) is 10.3 Å². The predicted molar refractivity (Wildman–Crippen MR) is 49.2 cm³/mol. The van der Waals surface area contributed by atoms with Gasteiger partial charge in [-0.2, -0.15) is 13.2 Å². The van der Waals surface area contributed by atoms with Gasteiger partial charge in [0.05, 0.1) is 17.2 Å². The van der Waals surface area contributed by atoms with Crippen molar-refractivity contribution in [2.24, 2.45) is 0 Å². The van der Waals surface area contributed by atoms with E-state index in [1.807, 2.05) is 0 Å². The molecule has 0 saturated heterocycles. The molecule has 80 valence electrons. The smallest absolute Gasteiger partial charge is 0.312 e. The molecule has 1 N–H and O–H groups in total. The molecule has 1 heterocycles. The number of aromatic nitrogens is 1. The van der Waals surface area contributed by atoms with Gasteiger partial charge in [0.2, 0.25) is 0 Å². The van der Waals surface area contributed by atoms with E-state index in [9.17, 15) is 13.2 Å². The van der Waals surface area contributed by atoms with Crippen LogP contribution in [0.2, 0.25) is 0 Å². The monoisotopic (exact) mass is 224 g/mol. The Morgan fingerprint density at radius 1 is 1.57 bits per heavy atom. The molecule has 0 bridgehead atoms. The van der Waals surface area contributed by atoms with Crippen LogP contribution in [-0.4, -0.2) is 18.2 Å². The van der Waals surface area contributed by atoms with Gasteiger partial charge >= 0.3 is 6.18 Å². The number of nitrogens with zero attached hydrogens (tertiary/aromatic N) is 1. The van der Waals surface area contributed by atoms with Crippen molar-refractivity contribution in [2.75, 3.05) is 7.05 Å². The molecule has 1 atom stereocenters. The Hall–Kier alpha value is -0.620. The van der Waals surface area contributed by atoms with Crippen molar-refractivity contribution in [3.05, 3.63) is 16.6 Å². The number of halogens is 3. The van der Waals surface area contributed by atoms with E-state index in [1.165, 1.54) is 11.3 Å². The summed E-state index contributed by atoms with van der Waals surface area (Å²) in [5.74, 6) is 0. The summed E-state index contributed by atoms with van der Waals surface area (Å²) in [4.78, 5) is 3.98. The molecule has 1 rings (SSSR count). The van der Waals surface area contributed by atoms with E-state index in [0.717, 1.165) is 0 Å². The molecule has 2 nitrogen and oxygen atoms in total. The molecule has 0 spiro atoms. The number of rotatable bonds is 4. The van der Waals surface area contributed by atoms with Crippen LogP contribution in [0.5, 0.6) is 0 Å². The third-order valence-corrected chi connectivity index (χ3v) is 2.48. The highest BCUT2D eigenvalue weighted by atomic mass is 32.1. The standard InChI is InChI=1S/C8H11F3N2S/c1-12-6(2-3-8(9,10)11)7-4-14-5-13-7/h4-6,12H,2-3H2,1H3. The van der Waals surface area contributed by atoms with Crippen molar-refractivity contribution in [3.63, 3.8) is 0 Å². The zero-order valence-corrected chi connectivity index (χ0v) is 8.45. The van der Waals surface area contributed by atoms with E-state index in [-0.39, 0.29) is 12.5 Å². The van der Waals surface area contributed by atoms with Crippen molar-refractivity contribution in [3.8, 4) is 0 Å². The maximum absolute atomic E-state index is 11.9. The van der Waals surface area contributed by atoms with Crippen LogP contribution in [0, 0.1) is 0 Å². The maximum atomic E-state index is 11.9. The van der Waals surface area contributed by atoms with Crippen LogP contribution in [0.3, 0.4) is 0 Å². The van der Waals surface area contributed by atoms with Crippen molar-refractivity contribution >= 4 is 11.3 Å². The van der Waals surface area contributed by atoms with Crippen LogP contribution >= 0.6 is 11.3 Å². The summed E-state index contributed by atoms with van der Waals surface area (Å²) in [6.07, 6.45) is -4.84. The molecule has 6 heteroatoms. The van der Waals surface area contributed by atoms with Crippen LogP contribution in [0.25, 0.3) is 0 Å². The summed E-state index contributed by atoms with van der Waals surface area (Å²) in [5.41, 5.74) is 2.30. The fourth-order valence-electron chi connectivity index (χ4n) is 1.14. The summed E-state index contributed by atoms with van der Waals surface area (Å²) in [6, 6.07) is -0.303. The number of alkyl halides is 3. The second-order valence-electron chi connectivity index (χ2n) is 2.91. The first-order chi connectivity index (χ1) is 6.53. The minimum Gasteiger partial charge on any atom is -0.312 e. The SMILES string of the molecule is CNC(CCC(F)(F)F)c1cscn1. The molecule has 0 radical (unpaired) electrons. The Morgan fingerprint density at radius 2 is 2.29 bits per heavy atom. The normalized spacial score (nSPS) is 14.3. The van der Waals surface area contributed by atoms with Crippen LogP contribution in [-0.2, 0) is 0 Å². The molecule has 1 unspecified atom stereocenters. The van der Waals surface area contributed by atoms with Gasteiger partial charge in [0.15, 0.2) is 0 Å². The average molecular weight is 224 g/mol. The summed E-state index contributed by atoms with van der Waals surface area (Å²) < 4.78 is 35.8. The van der Waals surface area contributed by atoms with Crippen LogP contribution in [0.15, 0.2) is 10.9 Å². The largest absolute Gasteiger partial charge is 0.389 e. The van der Waals surface area contributed by atoms with Gasteiger partial charge in [-0.1, -0.05) is 0 Å². The molecule has 0 saturated carbocycles. The lowest BCUT2D eigenvalue weighted by Gasteiger charge is -2.14. The quantitative estimate of drug-likeness (QED) is 0.850. The van der Waals surface area contributed by atoms with Gasteiger partial charge in [-0.05, 0) is 13.5 Å². The Labute approximate surface area is 84.2 Å². The lowest BCUT2D eigenvalue weighted by Crippen LogP contribution is -2.19. The van der Waals surface area contributed by atoms with Gasteiger partial charge in [-0.15, -0.1) is 11.3 Å². The molecule has 0 aliphatic rings. The fraction of sp³-hybridized carbons (Fsp3) is 0.625. The Bertz CT molecular complexity index is 258. The third kappa shape index (κ3) is 3.63. The first kappa shape index (κ1) is 11.5. The molecule has 0 amide bonds. The van der Waals surface area contributed by atoms with Crippen LogP contribution < -0.4 is 5.32 Å². The Morgan fingerprint density at radius 3 is 2.71 bits per heavy atom. The molecule has 0 aromatic carbocycles. The summed E-state index contributed by atoms with van der Waals surface area (Å²) in [7, 11) is 1.64. The third-order valence-electron chi connectivity index (χ3n) is 1.87. The van der Waals surface area contributed by atoms with Crippen molar-refractivity contribution < 1.29 is 13.2 Å². The Kier molecular flexibility index (Phi) is 3.88. The summed E-state index contributed by atoms with van der Waals surface area (Å²) >= 11 is 1.38. The minimum atomic E-state index is -4.09. The summed E-state index contributed by atoms with van der Waals surface area (Å²) in [6.45, 7) is 0. The number of nitrogens with one attached hydrogen (secondary N) is 1. The highest BCUT2D eigenvalue weighted by molar-refractivity contribution is 7.07.